The minimum absolute atomic E-state index is 0.209. The molecule has 7 heteroatoms. The van der Waals surface area contributed by atoms with Crippen LogP contribution in [0.4, 0.5) is 0 Å². The molecule has 0 bridgehead atoms. The van der Waals surface area contributed by atoms with Crippen LogP contribution < -0.4 is 15.6 Å². The van der Waals surface area contributed by atoms with Gasteiger partial charge in [0.05, 0.1) is 5.69 Å². The molecule has 0 fully saturated rings. The second kappa shape index (κ2) is 5.76. The average molecular weight is 285 g/mol. The molecular weight excluding hydrogens is 270 g/mol. The predicted octanol–water partition coefficient (Wildman–Crippen LogP) is 0.716. The van der Waals surface area contributed by atoms with Gasteiger partial charge in [0.25, 0.3) is 11.3 Å². The first-order chi connectivity index (χ1) is 10.3. The third-order valence-corrected chi connectivity index (χ3v) is 3.04. The summed E-state index contributed by atoms with van der Waals surface area (Å²) in [6, 6.07) is 9.19. The Labute approximate surface area is 120 Å². The molecule has 0 aliphatic rings. The summed E-state index contributed by atoms with van der Waals surface area (Å²) in [6.07, 6.45) is 1.43. The first-order valence-electron chi connectivity index (χ1n) is 6.55. The molecule has 0 aliphatic heterocycles. The number of aromatic nitrogens is 4. The van der Waals surface area contributed by atoms with Crippen LogP contribution in [0.15, 0.2) is 41.5 Å². The molecule has 108 valence electrons. The Morgan fingerprint density at radius 3 is 3.10 bits per heavy atom. The molecule has 3 rings (SSSR count). The average Bonchev–Trinajstić information content (AvgIpc) is 2.96. The number of aromatic amines is 1. The summed E-state index contributed by atoms with van der Waals surface area (Å²) in [6.45, 7) is 0.935. The maximum Gasteiger partial charge on any atom is 0.274 e. The number of H-pyrrole nitrogens is 1. The van der Waals surface area contributed by atoms with Gasteiger partial charge in [-0.25, -0.2) is 9.97 Å². The largest absolute Gasteiger partial charge is 0.487 e. The van der Waals surface area contributed by atoms with E-state index in [1.54, 1.807) is 0 Å². The van der Waals surface area contributed by atoms with E-state index in [0.717, 1.165) is 11.3 Å². The Morgan fingerprint density at radius 1 is 1.38 bits per heavy atom. The van der Waals surface area contributed by atoms with Gasteiger partial charge >= 0.3 is 0 Å². The summed E-state index contributed by atoms with van der Waals surface area (Å²) in [7, 11) is 1.88. The fraction of sp³-hybridized carbons (Fsp3) is 0.214. The van der Waals surface area contributed by atoms with Crippen LogP contribution in [0.1, 0.15) is 11.3 Å². The van der Waals surface area contributed by atoms with Crippen molar-refractivity contribution in [3.05, 3.63) is 58.3 Å². The second-order valence-corrected chi connectivity index (χ2v) is 4.54. The van der Waals surface area contributed by atoms with Crippen LogP contribution in [-0.4, -0.2) is 26.6 Å². The lowest BCUT2D eigenvalue weighted by Crippen LogP contribution is -2.16. The van der Waals surface area contributed by atoms with E-state index in [-0.39, 0.29) is 12.2 Å². The van der Waals surface area contributed by atoms with Crippen LogP contribution in [0.25, 0.3) is 5.78 Å². The summed E-state index contributed by atoms with van der Waals surface area (Å²) < 4.78 is 7.04. The molecular formula is C14H15N5O2. The lowest BCUT2D eigenvalue weighted by atomic mass is 10.2. The summed E-state index contributed by atoms with van der Waals surface area (Å²) in [5.41, 5.74) is 1.39. The van der Waals surface area contributed by atoms with Crippen molar-refractivity contribution in [3.8, 4) is 5.75 Å². The van der Waals surface area contributed by atoms with Gasteiger partial charge in [0.1, 0.15) is 18.7 Å². The van der Waals surface area contributed by atoms with Crippen molar-refractivity contribution < 1.29 is 4.74 Å². The van der Waals surface area contributed by atoms with Crippen LogP contribution in [-0.2, 0) is 13.2 Å². The maximum atomic E-state index is 11.8. The molecule has 0 atom stereocenters. The van der Waals surface area contributed by atoms with Gasteiger partial charge < -0.3 is 10.1 Å². The third-order valence-electron chi connectivity index (χ3n) is 3.04. The molecule has 2 N–H and O–H groups in total. The highest BCUT2D eigenvalue weighted by molar-refractivity contribution is 5.33. The SMILES string of the molecule is CNCc1ccccc1OCc1cc(=O)n2[nH]cnc2n1. The van der Waals surface area contributed by atoms with Crippen molar-refractivity contribution in [2.24, 2.45) is 0 Å². The lowest BCUT2D eigenvalue weighted by Gasteiger charge is -2.10. The molecule has 0 amide bonds. The van der Waals surface area contributed by atoms with Crippen molar-refractivity contribution in [2.45, 2.75) is 13.2 Å². The van der Waals surface area contributed by atoms with E-state index >= 15 is 0 Å². The summed E-state index contributed by atoms with van der Waals surface area (Å²) in [4.78, 5) is 20.1. The standard InChI is InChI=1S/C14H15N5O2/c1-15-7-10-4-2-3-5-12(10)21-8-11-6-13(20)19-14(18-11)16-9-17-19/h2-6,9,15H,7-8H2,1H3,(H,16,17,18). The fourth-order valence-corrected chi connectivity index (χ4v) is 2.08. The Balaban J connectivity index is 1.82. The van der Waals surface area contributed by atoms with Gasteiger partial charge in [-0.3, -0.25) is 9.89 Å². The van der Waals surface area contributed by atoms with Crippen LogP contribution >= 0.6 is 0 Å². The van der Waals surface area contributed by atoms with Crippen molar-refractivity contribution in [2.75, 3.05) is 7.05 Å². The van der Waals surface area contributed by atoms with E-state index in [9.17, 15) is 4.79 Å². The molecule has 7 nitrogen and oxygen atoms in total. The van der Waals surface area contributed by atoms with Crippen LogP contribution in [0.5, 0.6) is 5.75 Å². The zero-order chi connectivity index (χ0) is 14.7. The first-order valence-corrected chi connectivity index (χ1v) is 6.55. The molecule has 0 radical (unpaired) electrons. The normalized spacial score (nSPS) is 10.9. The van der Waals surface area contributed by atoms with Crippen molar-refractivity contribution in [1.82, 2.24) is 24.9 Å². The molecule has 2 aromatic heterocycles. The van der Waals surface area contributed by atoms with E-state index in [1.165, 1.54) is 16.9 Å². The van der Waals surface area contributed by atoms with Crippen molar-refractivity contribution in [3.63, 3.8) is 0 Å². The molecule has 0 unspecified atom stereocenters. The molecule has 1 aromatic carbocycles. The van der Waals surface area contributed by atoms with Crippen molar-refractivity contribution >= 4 is 5.78 Å². The predicted molar refractivity (Wildman–Crippen MR) is 77.1 cm³/mol. The van der Waals surface area contributed by atoms with Gasteiger partial charge in [-0.05, 0) is 13.1 Å². The minimum Gasteiger partial charge on any atom is -0.487 e. The maximum absolute atomic E-state index is 11.8. The number of nitrogens with zero attached hydrogens (tertiary/aromatic N) is 3. The smallest absolute Gasteiger partial charge is 0.274 e. The third kappa shape index (κ3) is 2.77. The van der Waals surface area contributed by atoms with E-state index in [0.29, 0.717) is 18.0 Å². The van der Waals surface area contributed by atoms with E-state index in [1.807, 2.05) is 31.3 Å². The molecule has 3 aromatic rings. The summed E-state index contributed by atoms with van der Waals surface area (Å²) in [5.74, 6) is 1.11. The Hall–Kier alpha value is -2.67. The minimum atomic E-state index is -0.209. The fourth-order valence-electron chi connectivity index (χ4n) is 2.08. The monoisotopic (exact) mass is 285 g/mol. The Kier molecular flexibility index (Phi) is 3.65. The quantitative estimate of drug-likeness (QED) is 0.721. The summed E-state index contributed by atoms with van der Waals surface area (Å²) in [5, 5.41) is 5.79. The lowest BCUT2D eigenvalue weighted by molar-refractivity contribution is 0.297. The number of para-hydroxylation sites is 1. The zero-order valence-corrected chi connectivity index (χ0v) is 11.5. The van der Waals surface area contributed by atoms with Gasteiger partial charge in [0, 0.05) is 18.2 Å². The number of benzene rings is 1. The highest BCUT2D eigenvalue weighted by Crippen LogP contribution is 2.18. The number of rotatable bonds is 5. The highest BCUT2D eigenvalue weighted by atomic mass is 16.5. The molecule has 2 heterocycles. The molecule has 0 saturated carbocycles. The van der Waals surface area contributed by atoms with Crippen molar-refractivity contribution in [1.29, 1.82) is 0 Å². The van der Waals surface area contributed by atoms with Gasteiger partial charge in [-0.1, -0.05) is 18.2 Å². The topological polar surface area (TPSA) is 84.3 Å². The molecule has 21 heavy (non-hydrogen) atoms. The number of hydrogen-bond acceptors (Lipinski definition) is 5. The number of hydrogen-bond donors (Lipinski definition) is 2. The molecule has 0 aliphatic carbocycles. The van der Waals surface area contributed by atoms with Gasteiger partial charge in [-0.2, -0.15) is 4.52 Å². The Bertz CT molecular complexity index is 808. The highest BCUT2D eigenvalue weighted by Gasteiger charge is 2.06. The zero-order valence-electron chi connectivity index (χ0n) is 11.5. The van der Waals surface area contributed by atoms with Crippen LogP contribution in [0, 0.1) is 0 Å². The van der Waals surface area contributed by atoms with E-state index < -0.39 is 0 Å². The van der Waals surface area contributed by atoms with Crippen LogP contribution in [0.2, 0.25) is 0 Å². The van der Waals surface area contributed by atoms with Gasteiger partial charge in [-0.15, -0.1) is 0 Å². The number of fused-ring (bicyclic) bond motifs is 1. The van der Waals surface area contributed by atoms with E-state index in [4.69, 9.17) is 4.74 Å². The van der Waals surface area contributed by atoms with Crippen LogP contribution in [0.3, 0.4) is 0 Å². The first kappa shape index (κ1) is 13.3. The molecule has 0 saturated heterocycles. The van der Waals surface area contributed by atoms with Gasteiger partial charge in [0.15, 0.2) is 0 Å². The van der Waals surface area contributed by atoms with Gasteiger partial charge in [0.2, 0.25) is 0 Å². The number of ether oxygens (including phenoxy) is 1. The molecule has 0 spiro atoms. The second-order valence-electron chi connectivity index (χ2n) is 4.54. The summed E-state index contributed by atoms with van der Waals surface area (Å²) >= 11 is 0. The number of nitrogens with one attached hydrogen (secondary N) is 2. The Morgan fingerprint density at radius 2 is 2.24 bits per heavy atom. The van der Waals surface area contributed by atoms with E-state index in [2.05, 4.69) is 20.4 Å².